The van der Waals surface area contributed by atoms with Crippen LogP contribution in [0.15, 0.2) is 53.5 Å². The van der Waals surface area contributed by atoms with E-state index in [0.29, 0.717) is 13.0 Å². The molecule has 2 rings (SSSR count). The molecule has 0 radical (unpaired) electrons. The normalized spacial score (nSPS) is 10.8. The van der Waals surface area contributed by atoms with Crippen molar-refractivity contribution in [2.24, 2.45) is 4.99 Å². The fourth-order valence-corrected chi connectivity index (χ4v) is 2.55. The van der Waals surface area contributed by atoms with E-state index in [1.807, 2.05) is 31.2 Å². The van der Waals surface area contributed by atoms with E-state index in [0.717, 1.165) is 36.7 Å². The Morgan fingerprint density at radius 2 is 1.57 bits per heavy atom. The number of hydrogen-bond donors (Lipinski definition) is 3. The first-order valence-corrected chi connectivity index (χ1v) is 9.57. The van der Waals surface area contributed by atoms with Crippen molar-refractivity contribution >= 4 is 41.5 Å². The first-order chi connectivity index (χ1) is 13.1. The standard InChI is InChI=1S/C22H30N4O.HI/c1-4-6-21(27)26-20-13-11-19(12-14-20)16-25-22(23-5-2)24-15-18-9-7-17(3)8-10-18;/h7-14H,4-6,15-16H2,1-3H3,(H,26,27)(H2,23,24,25);1H. The van der Waals surface area contributed by atoms with E-state index < -0.39 is 0 Å². The molecule has 1 amide bonds. The molecule has 0 aliphatic rings. The number of nitrogens with zero attached hydrogens (tertiary/aromatic N) is 1. The van der Waals surface area contributed by atoms with E-state index in [4.69, 9.17) is 0 Å². The Morgan fingerprint density at radius 1 is 0.929 bits per heavy atom. The summed E-state index contributed by atoms with van der Waals surface area (Å²) in [6.45, 7) is 8.25. The highest BCUT2D eigenvalue weighted by molar-refractivity contribution is 14.0. The van der Waals surface area contributed by atoms with Gasteiger partial charge in [0.05, 0.1) is 6.54 Å². The minimum absolute atomic E-state index is 0. The van der Waals surface area contributed by atoms with E-state index in [1.54, 1.807) is 0 Å². The highest BCUT2D eigenvalue weighted by Crippen LogP contribution is 2.11. The number of nitrogens with one attached hydrogen (secondary N) is 3. The Bertz CT molecular complexity index is 742. The molecular weight excluding hydrogens is 463 g/mol. The van der Waals surface area contributed by atoms with Crippen LogP contribution < -0.4 is 16.0 Å². The van der Waals surface area contributed by atoms with Gasteiger partial charge in [-0.25, -0.2) is 4.99 Å². The number of carbonyl (C=O) groups excluding carboxylic acids is 1. The van der Waals surface area contributed by atoms with Gasteiger partial charge in [-0.15, -0.1) is 24.0 Å². The zero-order chi connectivity index (χ0) is 19.5. The molecule has 0 aliphatic heterocycles. The average Bonchev–Trinajstić information content (AvgIpc) is 2.66. The summed E-state index contributed by atoms with van der Waals surface area (Å²) in [6, 6.07) is 16.3. The van der Waals surface area contributed by atoms with Crippen molar-refractivity contribution in [3.05, 3.63) is 65.2 Å². The van der Waals surface area contributed by atoms with E-state index in [2.05, 4.69) is 59.1 Å². The molecule has 28 heavy (non-hydrogen) atoms. The van der Waals surface area contributed by atoms with Crippen molar-refractivity contribution in [3.63, 3.8) is 0 Å². The second-order valence-corrected chi connectivity index (χ2v) is 6.53. The maximum Gasteiger partial charge on any atom is 0.224 e. The van der Waals surface area contributed by atoms with E-state index in [-0.39, 0.29) is 29.9 Å². The molecule has 2 aromatic rings. The van der Waals surface area contributed by atoms with Gasteiger partial charge < -0.3 is 16.0 Å². The zero-order valence-electron chi connectivity index (χ0n) is 16.9. The lowest BCUT2D eigenvalue weighted by Gasteiger charge is -2.12. The van der Waals surface area contributed by atoms with Crippen molar-refractivity contribution in [3.8, 4) is 0 Å². The Labute approximate surface area is 185 Å². The SMILES string of the molecule is CCCC(=O)Nc1ccc(CN=C(NCC)NCc2ccc(C)cc2)cc1.I. The van der Waals surface area contributed by atoms with Gasteiger partial charge in [-0.1, -0.05) is 48.9 Å². The number of hydrogen-bond acceptors (Lipinski definition) is 2. The third kappa shape index (κ3) is 8.73. The van der Waals surface area contributed by atoms with E-state index in [9.17, 15) is 4.79 Å². The molecule has 0 bridgehead atoms. The fourth-order valence-electron chi connectivity index (χ4n) is 2.55. The molecule has 0 saturated heterocycles. The summed E-state index contributed by atoms with van der Waals surface area (Å²) in [5.74, 6) is 0.844. The van der Waals surface area contributed by atoms with Gasteiger partial charge in [0, 0.05) is 25.2 Å². The fraction of sp³-hybridized carbons (Fsp3) is 0.364. The number of halogens is 1. The number of benzene rings is 2. The predicted octanol–water partition coefficient (Wildman–Crippen LogP) is 4.61. The minimum atomic E-state index is 0. The highest BCUT2D eigenvalue weighted by atomic mass is 127. The molecule has 0 aromatic heterocycles. The summed E-state index contributed by atoms with van der Waals surface area (Å²) in [7, 11) is 0. The number of aryl methyl sites for hydroxylation is 1. The van der Waals surface area contributed by atoms with Crippen LogP contribution in [0.5, 0.6) is 0 Å². The quantitative estimate of drug-likeness (QED) is 0.286. The Morgan fingerprint density at radius 3 is 2.18 bits per heavy atom. The Kier molecular flexibility index (Phi) is 11.2. The summed E-state index contributed by atoms with van der Waals surface area (Å²) in [6.07, 6.45) is 1.40. The third-order valence-corrected chi connectivity index (χ3v) is 4.06. The van der Waals surface area contributed by atoms with Gasteiger partial charge in [0.2, 0.25) is 5.91 Å². The highest BCUT2D eigenvalue weighted by Gasteiger charge is 2.02. The molecule has 0 fully saturated rings. The van der Waals surface area contributed by atoms with Crippen LogP contribution in [0.25, 0.3) is 0 Å². The molecule has 0 atom stereocenters. The van der Waals surface area contributed by atoms with Gasteiger partial charge in [-0.3, -0.25) is 4.79 Å². The second kappa shape index (κ2) is 13.1. The lowest BCUT2D eigenvalue weighted by atomic mass is 10.1. The molecule has 5 nitrogen and oxygen atoms in total. The van der Waals surface area contributed by atoms with Crippen LogP contribution in [0.1, 0.15) is 43.4 Å². The van der Waals surface area contributed by atoms with Gasteiger partial charge >= 0.3 is 0 Å². The van der Waals surface area contributed by atoms with E-state index >= 15 is 0 Å². The predicted molar refractivity (Wildman–Crippen MR) is 128 cm³/mol. The van der Waals surface area contributed by atoms with Crippen molar-refractivity contribution in [1.82, 2.24) is 10.6 Å². The monoisotopic (exact) mass is 494 g/mol. The molecule has 2 aromatic carbocycles. The molecule has 0 spiro atoms. The summed E-state index contributed by atoms with van der Waals surface area (Å²) in [5, 5.41) is 9.53. The van der Waals surface area contributed by atoms with Crippen LogP contribution >= 0.6 is 24.0 Å². The van der Waals surface area contributed by atoms with E-state index in [1.165, 1.54) is 11.1 Å². The molecule has 0 saturated carbocycles. The van der Waals surface area contributed by atoms with Gasteiger partial charge in [0.1, 0.15) is 0 Å². The first kappa shape index (κ1) is 23.9. The summed E-state index contributed by atoms with van der Waals surface area (Å²) < 4.78 is 0. The maximum atomic E-state index is 11.6. The zero-order valence-corrected chi connectivity index (χ0v) is 19.2. The Hall–Kier alpha value is -2.09. The van der Waals surface area contributed by atoms with Crippen LogP contribution in [0.3, 0.4) is 0 Å². The van der Waals surface area contributed by atoms with Crippen LogP contribution in [-0.2, 0) is 17.9 Å². The smallest absolute Gasteiger partial charge is 0.224 e. The van der Waals surface area contributed by atoms with Crippen molar-refractivity contribution in [2.45, 2.75) is 46.7 Å². The average molecular weight is 494 g/mol. The molecule has 3 N–H and O–H groups in total. The number of carbonyl (C=O) groups is 1. The molecule has 152 valence electrons. The van der Waals surface area contributed by atoms with Crippen LogP contribution in [-0.4, -0.2) is 18.4 Å². The lowest BCUT2D eigenvalue weighted by molar-refractivity contribution is -0.116. The number of aliphatic imine (C=N–C) groups is 1. The van der Waals surface area contributed by atoms with Crippen molar-refractivity contribution in [2.75, 3.05) is 11.9 Å². The van der Waals surface area contributed by atoms with Crippen LogP contribution in [0, 0.1) is 6.92 Å². The first-order valence-electron chi connectivity index (χ1n) is 9.57. The number of rotatable bonds is 8. The molecule has 0 heterocycles. The minimum Gasteiger partial charge on any atom is -0.357 e. The van der Waals surface area contributed by atoms with Gasteiger partial charge in [-0.2, -0.15) is 0 Å². The van der Waals surface area contributed by atoms with Crippen molar-refractivity contribution < 1.29 is 4.79 Å². The van der Waals surface area contributed by atoms with Gasteiger partial charge in [0.15, 0.2) is 5.96 Å². The van der Waals surface area contributed by atoms with Crippen LogP contribution in [0.4, 0.5) is 5.69 Å². The molecule has 6 heteroatoms. The second-order valence-electron chi connectivity index (χ2n) is 6.53. The summed E-state index contributed by atoms with van der Waals surface area (Å²) in [4.78, 5) is 16.3. The number of anilines is 1. The number of guanidine groups is 1. The summed E-state index contributed by atoms with van der Waals surface area (Å²) >= 11 is 0. The largest absolute Gasteiger partial charge is 0.357 e. The maximum absolute atomic E-state index is 11.6. The topological polar surface area (TPSA) is 65.5 Å². The molecular formula is C22H31IN4O. The summed E-state index contributed by atoms with van der Waals surface area (Å²) in [5.41, 5.74) is 4.40. The third-order valence-electron chi connectivity index (χ3n) is 4.06. The Balaban J connectivity index is 0.00000392. The van der Waals surface area contributed by atoms with Gasteiger partial charge in [-0.05, 0) is 43.5 Å². The molecule has 0 unspecified atom stereocenters. The van der Waals surface area contributed by atoms with Crippen molar-refractivity contribution in [1.29, 1.82) is 0 Å². The van der Waals surface area contributed by atoms with Crippen LogP contribution in [0.2, 0.25) is 0 Å². The van der Waals surface area contributed by atoms with Gasteiger partial charge in [0.25, 0.3) is 0 Å². The lowest BCUT2D eigenvalue weighted by Crippen LogP contribution is -2.36. The molecule has 0 aliphatic carbocycles. The number of amides is 1.